The van der Waals surface area contributed by atoms with Crippen LogP contribution in [0, 0.1) is 10.1 Å². The lowest BCUT2D eigenvalue weighted by Gasteiger charge is -2.38. The molecule has 140 valence electrons. The molecule has 0 aliphatic carbocycles. The first-order chi connectivity index (χ1) is 13.6. The van der Waals surface area contributed by atoms with Gasteiger partial charge in [0.1, 0.15) is 5.75 Å². The Kier molecular flexibility index (Phi) is 4.07. The first-order valence-electron chi connectivity index (χ1n) is 8.70. The second-order valence-electron chi connectivity index (χ2n) is 6.62. The minimum atomic E-state index is -0.461. The predicted octanol–water partition coefficient (Wildman–Crippen LogP) is 5.55. The number of fused-ring (bicyclic) bond motifs is 3. The molecule has 8 heteroatoms. The third-order valence-corrected chi connectivity index (χ3v) is 6.10. The molecule has 2 atom stereocenters. The summed E-state index contributed by atoms with van der Waals surface area (Å²) in [5.41, 5.74) is 2.86. The summed E-state index contributed by atoms with van der Waals surface area (Å²) in [6.07, 6.45) is 0.290. The van der Waals surface area contributed by atoms with Crippen molar-refractivity contribution >= 4 is 34.3 Å². The normalized spacial score (nSPS) is 20.2. The lowest BCUT2D eigenvalue weighted by molar-refractivity contribution is -0.384. The Morgan fingerprint density at radius 2 is 2.04 bits per heavy atom. The van der Waals surface area contributed by atoms with Crippen molar-refractivity contribution in [1.82, 2.24) is 5.01 Å². The monoisotopic (exact) mass is 411 g/mol. The summed E-state index contributed by atoms with van der Waals surface area (Å²) in [4.78, 5) is 11.7. The first kappa shape index (κ1) is 17.2. The maximum absolute atomic E-state index is 11.0. The molecule has 0 radical (unpaired) electrons. The molecule has 0 N–H and O–H groups in total. The van der Waals surface area contributed by atoms with Crippen LogP contribution in [0.2, 0.25) is 5.02 Å². The van der Waals surface area contributed by atoms with Crippen molar-refractivity contribution in [2.45, 2.75) is 18.7 Å². The largest absolute Gasteiger partial charge is 0.464 e. The van der Waals surface area contributed by atoms with Crippen LogP contribution in [0.4, 0.5) is 5.69 Å². The lowest BCUT2D eigenvalue weighted by Crippen LogP contribution is -2.33. The standard InChI is InChI=1S/C20H14ClN3O3S/c21-13-5-8-18-15(10-13)17-11-16(19-2-1-9-28-19)22-23(17)20(27-18)12-3-6-14(7-4-12)24(25)26/h1-10,17,20H,11H2. The number of benzene rings is 2. The number of ether oxygens (including phenoxy) is 1. The Balaban J connectivity index is 1.58. The van der Waals surface area contributed by atoms with E-state index in [-0.39, 0.29) is 11.7 Å². The quantitative estimate of drug-likeness (QED) is 0.418. The maximum Gasteiger partial charge on any atom is 0.269 e. The van der Waals surface area contributed by atoms with E-state index in [4.69, 9.17) is 21.4 Å². The maximum atomic E-state index is 11.0. The molecule has 2 aliphatic heterocycles. The zero-order valence-electron chi connectivity index (χ0n) is 14.5. The van der Waals surface area contributed by atoms with Gasteiger partial charge in [0, 0.05) is 34.7 Å². The van der Waals surface area contributed by atoms with Crippen molar-refractivity contribution in [3.05, 3.63) is 91.1 Å². The van der Waals surface area contributed by atoms with Crippen LogP contribution in [0.15, 0.2) is 65.1 Å². The highest BCUT2D eigenvalue weighted by Crippen LogP contribution is 2.48. The molecule has 0 amide bonds. The molecule has 0 saturated heterocycles. The number of hydrogen-bond acceptors (Lipinski definition) is 6. The van der Waals surface area contributed by atoms with Crippen LogP contribution in [-0.2, 0) is 0 Å². The second-order valence-corrected chi connectivity index (χ2v) is 8.01. The van der Waals surface area contributed by atoms with Gasteiger partial charge in [-0.25, -0.2) is 5.01 Å². The van der Waals surface area contributed by atoms with Gasteiger partial charge in [-0.2, -0.15) is 5.10 Å². The average molecular weight is 412 g/mol. The fourth-order valence-corrected chi connectivity index (χ4v) is 4.53. The highest BCUT2D eigenvalue weighted by molar-refractivity contribution is 7.12. The fraction of sp³-hybridized carbons (Fsp3) is 0.150. The van der Waals surface area contributed by atoms with Gasteiger partial charge < -0.3 is 4.74 Å². The van der Waals surface area contributed by atoms with Gasteiger partial charge in [0.05, 0.1) is 21.6 Å². The van der Waals surface area contributed by atoms with Gasteiger partial charge in [0.25, 0.3) is 5.69 Å². The van der Waals surface area contributed by atoms with Gasteiger partial charge in [-0.3, -0.25) is 10.1 Å². The number of non-ortho nitro benzene ring substituents is 1. The third kappa shape index (κ3) is 2.83. The molecule has 0 spiro atoms. The zero-order valence-corrected chi connectivity index (χ0v) is 16.1. The Morgan fingerprint density at radius 3 is 2.75 bits per heavy atom. The summed E-state index contributed by atoms with van der Waals surface area (Å²) in [7, 11) is 0. The Bertz CT molecular complexity index is 1080. The summed E-state index contributed by atoms with van der Waals surface area (Å²) < 4.78 is 6.25. The third-order valence-electron chi connectivity index (χ3n) is 4.95. The summed E-state index contributed by atoms with van der Waals surface area (Å²) >= 11 is 7.88. The van der Waals surface area contributed by atoms with Gasteiger partial charge in [0.15, 0.2) is 0 Å². The molecule has 3 aromatic rings. The molecule has 0 saturated carbocycles. The Morgan fingerprint density at radius 1 is 1.21 bits per heavy atom. The van der Waals surface area contributed by atoms with E-state index in [1.807, 2.05) is 28.6 Å². The van der Waals surface area contributed by atoms with E-state index in [1.54, 1.807) is 29.5 Å². The SMILES string of the molecule is O=[N+]([O-])c1ccc(C2Oc3ccc(Cl)cc3C3CC(c4cccs4)=NN32)cc1. The van der Waals surface area contributed by atoms with E-state index in [0.717, 1.165) is 33.9 Å². The number of nitro benzene ring substituents is 1. The molecule has 6 nitrogen and oxygen atoms in total. The average Bonchev–Trinajstić information content (AvgIpc) is 3.37. The summed E-state index contributed by atoms with van der Waals surface area (Å²) in [5, 5.41) is 20.5. The van der Waals surface area contributed by atoms with Crippen LogP contribution in [0.3, 0.4) is 0 Å². The highest BCUT2D eigenvalue weighted by Gasteiger charge is 2.41. The minimum absolute atomic E-state index is 0.000239. The van der Waals surface area contributed by atoms with Crippen LogP contribution >= 0.6 is 22.9 Å². The van der Waals surface area contributed by atoms with Gasteiger partial charge in [-0.05, 0) is 41.8 Å². The van der Waals surface area contributed by atoms with Crippen molar-refractivity contribution in [3.63, 3.8) is 0 Å². The van der Waals surface area contributed by atoms with Crippen LogP contribution < -0.4 is 4.74 Å². The molecule has 3 heterocycles. The molecule has 5 rings (SSSR count). The van der Waals surface area contributed by atoms with E-state index in [9.17, 15) is 10.1 Å². The zero-order chi connectivity index (χ0) is 19.3. The van der Waals surface area contributed by atoms with Crippen LogP contribution in [-0.4, -0.2) is 15.6 Å². The second kappa shape index (κ2) is 6.61. The first-order valence-corrected chi connectivity index (χ1v) is 9.96. The van der Waals surface area contributed by atoms with Gasteiger partial charge >= 0.3 is 0 Å². The Hall–Kier alpha value is -2.90. The van der Waals surface area contributed by atoms with E-state index in [0.29, 0.717) is 5.02 Å². The molecule has 2 aliphatic rings. The number of hydrogen-bond donors (Lipinski definition) is 0. The van der Waals surface area contributed by atoms with E-state index in [2.05, 4.69) is 6.07 Å². The topological polar surface area (TPSA) is 68.0 Å². The lowest BCUT2D eigenvalue weighted by atomic mass is 9.97. The van der Waals surface area contributed by atoms with E-state index >= 15 is 0 Å². The summed E-state index contributed by atoms with van der Waals surface area (Å²) in [5.74, 6) is 0.761. The molecule has 0 bridgehead atoms. The molecular weight excluding hydrogens is 398 g/mol. The van der Waals surface area contributed by atoms with Crippen molar-refractivity contribution in [1.29, 1.82) is 0 Å². The number of rotatable bonds is 3. The van der Waals surface area contributed by atoms with Crippen molar-refractivity contribution < 1.29 is 9.66 Å². The highest BCUT2D eigenvalue weighted by atomic mass is 35.5. The number of nitro groups is 1. The molecule has 2 unspecified atom stereocenters. The molecular formula is C20H14ClN3O3S. The smallest absolute Gasteiger partial charge is 0.269 e. The number of halogens is 1. The molecule has 28 heavy (non-hydrogen) atoms. The molecule has 2 aromatic carbocycles. The van der Waals surface area contributed by atoms with Crippen molar-refractivity contribution in [2.75, 3.05) is 0 Å². The predicted molar refractivity (Wildman–Crippen MR) is 108 cm³/mol. The summed E-state index contributed by atoms with van der Waals surface area (Å²) in [6, 6.07) is 16.1. The van der Waals surface area contributed by atoms with Crippen molar-refractivity contribution in [3.8, 4) is 5.75 Å². The van der Waals surface area contributed by atoms with Crippen LogP contribution in [0.1, 0.15) is 34.7 Å². The van der Waals surface area contributed by atoms with Crippen LogP contribution in [0.25, 0.3) is 0 Å². The number of thiophene rings is 1. The van der Waals surface area contributed by atoms with Gasteiger partial charge in [-0.1, -0.05) is 17.7 Å². The fourth-order valence-electron chi connectivity index (χ4n) is 3.63. The van der Waals surface area contributed by atoms with Gasteiger partial charge in [0.2, 0.25) is 6.23 Å². The number of nitrogens with zero attached hydrogens (tertiary/aromatic N) is 3. The molecule has 1 aromatic heterocycles. The van der Waals surface area contributed by atoms with Gasteiger partial charge in [-0.15, -0.1) is 11.3 Å². The van der Waals surface area contributed by atoms with E-state index in [1.165, 1.54) is 12.1 Å². The van der Waals surface area contributed by atoms with Crippen molar-refractivity contribution in [2.24, 2.45) is 5.10 Å². The van der Waals surface area contributed by atoms with Crippen LogP contribution in [0.5, 0.6) is 5.75 Å². The minimum Gasteiger partial charge on any atom is -0.464 e. The molecule has 0 fully saturated rings. The summed E-state index contributed by atoms with van der Waals surface area (Å²) in [6.45, 7) is 0. The van der Waals surface area contributed by atoms with E-state index < -0.39 is 11.2 Å². The Labute approximate surface area is 169 Å². The number of hydrazone groups is 1.